The molecule has 1 aliphatic heterocycles. The van der Waals surface area contributed by atoms with Crippen LogP contribution in [0.3, 0.4) is 0 Å². The molecule has 0 radical (unpaired) electrons. The Bertz CT molecular complexity index is 628. The van der Waals surface area contributed by atoms with Gasteiger partial charge in [0.25, 0.3) is 0 Å². The predicted octanol–water partition coefficient (Wildman–Crippen LogP) is 0.894. The molecule has 0 bridgehead atoms. The highest BCUT2D eigenvalue weighted by Crippen LogP contribution is 2.24. The summed E-state index contributed by atoms with van der Waals surface area (Å²) < 4.78 is 26.8. The van der Waals surface area contributed by atoms with Crippen molar-refractivity contribution in [1.29, 1.82) is 0 Å². The van der Waals surface area contributed by atoms with Crippen LogP contribution in [-0.2, 0) is 14.8 Å². The molecule has 2 rings (SSSR count). The number of hydrogen-bond acceptors (Lipinski definition) is 4. The van der Waals surface area contributed by atoms with E-state index in [1.54, 1.807) is 24.3 Å². The van der Waals surface area contributed by atoms with Crippen molar-refractivity contribution in [3.63, 3.8) is 0 Å². The molecule has 0 spiro atoms. The lowest BCUT2D eigenvalue weighted by molar-refractivity contribution is -0.126. The second-order valence-electron chi connectivity index (χ2n) is 5.88. The lowest BCUT2D eigenvalue weighted by Crippen LogP contribution is -2.45. The van der Waals surface area contributed by atoms with E-state index in [-0.39, 0.29) is 29.9 Å². The fraction of sp³-hybridized carbons (Fsp3) is 0.562. The smallest absolute Gasteiger partial charge is 0.243 e. The molecule has 7 heteroatoms. The third-order valence-corrected chi connectivity index (χ3v) is 5.93. The first-order valence-electron chi connectivity index (χ1n) is 7.90. The molecular weight excluding hydrogens is 316 g/mol. The first kappa shape index (κ1) is 17.9. The summed E-state index contributed by atoms with van der Waals surface area (Å²) in [6.45, 7) is 3.00. The topological polar surface area (TPSA) is 86.7 Å². The maximum atomic E-state index is 12.7. The van der Waals surface area contributed by atoms with E-state index in [0.29, 0.717) is 32.4 Å². The van der Waals surface area contributed by atoms with Gasteiger partial charge in [-0.25, -0.2) is 8.42 Å². The maximum Gasteiger partial charge on any atom is 0.243 e. The predicted molar refractivity (Wildman–Crippen MR) is 87.4 cm³/mol. The number of aryl methyl sites for hydroxylation is 1. The molecule has 0 saturated carbocycles. The van der Waals surface area contributed by atoms with Crippen molar-refractivity contribution in [2.75, 3.05) is 26.2 Å². The summed E-state index contributed by atoms with van der Waals surface area (Å²) in [5.41, 5.74) is 1.00. The van der Waals surface area contributed by atoms with Gasteiger partial charge in [-0.3, -0.25) is 4.79 Å². The van der Waals surface area contributed by atoms with Crippen LogP contribution in [0.15, 0.2) is 29.2 Å². The van der Waals surface area contributed by atoms with Crippen LogP contribution in [0.2, 0.25) is 0 Å². The molecule has 2 N–H and O–H groups in total. The number of amides is 1. The molecule has 0 aliphatic carbocycles. The Hall–Kier alpha value is -1.44. The number of aliphatic hydroxyl groups is 1. The van der Waals surface area contributed by atoms with E-state index in [1.807, 2.05) is 6.92 Å². The summed E-state index contributed by atoms with van der Waals surface area (Å²) in [6, 6.07) is 6.76. The Labute approximate surface area is 137 Å². The second kappa shape index (κ2) is 7.90. The minimum atomic E-state index is -3.56. The minimum Gasteiger partial charge on any atom is -0.396 e. The van der Waals surface area contributed by atoms with E-state index in [2.05, 4.69) is 5.32 Å². The monoisotopic (exact) mass is 340 g/mol. The molecular formula is C16H24N2O4S. The number of nitrogens with zero attached hydrogens (tertiary/aromatic N) is 1. The number of nitrogens with one attached hydrogen (secondary N) is 1. The molecule has 6 nitrogen and oxygen atoms in total. The van der Waals surface area contributed by atoms with Crippen molar-refractivity contribution < 1.29 is 18.3 Å². The molecule has 1 amide bonds. The van der Waals surface area contributed by atoms with Crippen LogP contribution in [0, 0.1) is 12.8 Å². The van der Waals surface area contributed by atoms with E-state index >= 15 is 0 Å². The number of rotatable bonds is 6. The van der Waals surface area contributed by atoms with Gasteiger partial charge in [0.1, 0.15) is 0 Å². The van der Waals surface area contributed by atoms with Crippen molar-refractivity contribution >= 4 is 15.9 Å². The van der Waals surface area contributed by atoms with Crippen LogP contribution in [0.5, 0.6) is 0 Å². The van der Waals surface area contributed by atoms with E-state index in [9.17, 15) is 13.2 Å². The van der Waals surface area contributed by atoms with Crippen LogP contribution >= 0.6 is 0 Å². The summed E-state index contributed by atoms with van der Waals surface area (Å²) in [5, 5.41) is 11.5. The third kappa shape index (κ3) is 4.53. The van der Waals surface area contributed by atoms with Gasteiger partial charge in [-0.2, -0.15) is 4.31 Å². The molecule has 23 heavy (non-hydrogen) atoms. The zero-order valence-electron chi connectivity index (χ0n) is 13.4. The third-order valence-electron chi connectivity index (χ3n) is 4.05. The Kier molecular flexibility index (Phi) is 6.15. The number of aliphatic hydroxyl groups excluding tert-OH is 1. The summed E-state index contributed by atoms with van der Waals surface area (Å²) in [6.07, 6.45) is 1.86. The fourth-order valence-electron chi connectivity index (χ4n) is 2.67. The molecule has 1 heterocycles. The van der Waals surface area contributed by atoms with E-state index in [4.69, 9.17) is 5.11 Å². The number of carbonyl (C=O) groups is 1. The Morgan fingerprint density at radius 2 is 2.04 bits per heavy atom. The summed E-state index contributed by atoms with van der Waals surface area (Å²) >= 11 is 0. The molecule has 1 saturated heterocycles. The van der Waals surface area contributed by atoms with Crippen molar-refractivity contribution in [3.8, 4) is 0 Å². The molecule has 1 aliphatic rings. The fourth-order valence-corrected chi connectivity index (χ4v) is 4.19. The first-order chi connectivity index (χ1) is 10.9. The SMILES string of the molecule is Cc1ccc(S(=O)(=O)N2CCCC(C(=O)NCCCO)C2)cc1. The van der Waals surface area contributed by atoms with Crippen LogP contribution < -0.4 is 5.32 Å². The highest BCUT2D eigenvalue weighted by Gasteiger charge is 2.33. The quantitative estimate of drug-likeness (QED) is 0.753. The minimum absolute atomic E-state index is 0.0267. The maximum absolute atomic E-state index is 12.7. The van der Waals surface area contributed by atoms with Crippen LogP contribution in [0.1, 0.15) is 24.8 Å². The second-order valence-corrected chi connectivity index (χ2v) is 7.82. The normalized spacial score (nSPS) is 19.5. The molecule has 1 aromatic carbocycles. The summed E-state index contributed by atoms with van der Waals surface area (Å²) in [7, 11) is -3.56. The first-order valence-corrected chi connectivity index (χ1v) is 9.34. The van der Waals surface area contributed by atoms with Crippen molar-refractivity contribution in [3.05, 3.63) is 29.8 Å². The molecule has 128 valence electrons. The average molecular weight is 340 g/mol. The van der Waals surface area contributed by atoms with Gasteiger partial charge in [0.15, 0.2) is 0 Å². The highest BCUT2D eigenvalue weighted by molar-refractivity contribution is 7.89. The van der Waals surface area contributed by atoms with Gasteiger partial charge in [0.2, 0.25) is 15.9 Å². The Morgan fingerprint density at radius 1 is 1.35 bits per heavy atom. The Balaban J connectivity index is 2.05. The summed E-state index contributed by atoms with van der Waals surface area (Å²) in [4.78, 5) is 12.4. The summed E-state index contributed by atoms with van der Waals surface area (Å²) in [5.74, 6) is -0.468. The van der Waals surface area contributed by atoms with Gasteiger partial charge in [-0.1, -0.05) is 17.7 Å². The number of hydrogen-bond donors (Lipinski definition) is 2. The van der Waals surface area contributed by atoms with Crippen LogP contribution in [0.25, 0.3) is 0 Å². The van der Waals surface area contributed by atoms with Crippen molar-refractivity contribution in [1.82, 2.24) is 9.62 Å². The standard InChI is InChI=1S/C16H24N2O4S/c1-13-5-7-15(8-6-13)23(21,22)18-10-2-4-14(12-18)16(20)17-9-3-11-19/h5-8,14,19H,2-4,9-12H2,1H3,(H,17,20). The number of carbonyl (C=O) groups excluding carboxylic acids is 1. The zero-order valence-corrected chi connectivity index (χ0v) is 14.2. The highest BCUT2D eigenvalue weighted by atomic mass is 32.2. The molecule has 1 aromatic rings. The average Bonchev–Trinajstić information content (AvgIpc) is 2.55. The van der Waals surface area contributed by atoms with Gasteiger partial charge in [-0.05, 0) is 38.3 Å². The lowest BCUT2D eigenvalue weighted by atomic mass is 9.99. The van der Waals surface area contributed by atoms with Gasteiger partial charge in [-0.15, -0.1) is 0 Å². The van der Waals surface area contributed by atoms with Crippen LogP contribution in [-0.4, -0.2) is 50.0 Å². The zero-order chi connectivity index (χ0) is 16.9. The van der Waals surface area contributed by atoms with Crippen molar-refractivity contribution in [2.24, 2.45) is 5.92 Å². The molecule has 1 fully saturated rings. The number of sulfonamides is 1. The lowest BCUT2D eigenvalue weighted by Gasteiger charge is -2.31. The van der Waals surface area contributed by atoms with Crippen LogP contribution in [0.4, 0.5) is 0 Å². The Morgan fingerprint density at radius 3 is 2.70 bits per heavy atom. The molecule has 1 unspecified atom stereocenters. The van der Waals surface area contributed by atoms with Gasteiger partial charge < -0.3 is 10.4 Å². The largest absolute Gasteiger partial charge is 0.396 e. The van der Waals surface area contributed by atoms with Gasteiger partial charge in [0.05, 0.1) is 10.8 Å². The van der Waals surface area contributed by atoms with E-state index in [1.165, 1.54) is 4.31 Å². The number of piperidine rings is 1. The van der Waals surface area contributed by atoms with Gasteiger partial charge in [0, 0.05) is 26.2 Å². The molecule has 0 aromatic heterocycles. The van der Waals surface area contributed by atoms with E-state index in [0.717, 1.165) is 5.56 Å². The number of benzene rings is 1. The van der Waals surface area contributed by atoms with Gasteiger partial charge >= 0.3 is 0 Å². The molecule has 1 atom stereocenters. The van der Waals surface area contributed by atoms with E-state index < -0.39 is 10.0 Å². The van der Waals surface area contributed by atoms with Crippen molar-refractivity contribution in [2.45, 2.75) is 31.1 Å².